The first-order valence-corrected chi connectivity index (χ1v) is 5.68. The number of aliphatic carboxylic acids is 1. The molecule has 5 heteroatoms. The van der Waals surface area contributed by atoms with Crippen LogP contribution in [0.15, 0.2) is 0 Å². The van der Waals surface area contributed by atoms with Crippen LogP contribution in [0.4, 0.5) is 0 Å². The van der Waals surface area contributed by atoms with E-state index in [9.17, 15) is 9.90 Å². The molecular weight excluding hydrogens is 210 g/mol. The van der Waals surface area contributed by atoms with E-state index in [0.29, 0.717) is 13.2 Å². The van der Waals surface area contributed by atoms with Gasteiger partial charge in [-0.25, -0.2) is 4.79 Å². The third-order valence-electron chi connectivity index (χ3n) is 3.02. The highest BCUT2D eigenvalue weighted by molar-refractivity contribution is 5.76. The second kappa shape index (κ2) is 5.12. The lowest BCUT2D eigenvalue weighted by atomic mass is 10.0. The average molecular weight is 231 g/mol. The van der Waals surface area contributed by atoms with Gasteiger partial charge in [0, 0.05) is 19.1 Å². The fraction of sp³-hybridized carbons (Fsp3) is 0.909. The molecular formula is C11H21NO4. The van der Waals surface area contributed by atoms with Crippen molar-refractivity contribution >= 4 is 5.97 Å². The number of carbonyl (C=O) groups is 1. The zero-order valence-electron chi connectivity index (χ0n) is 10.1. The van der Waals surface area contributed by atoms with E-state index in [2.05, 4.69) is 0 Å². The normalized spacial score (nSPS) is 31.0. The minimum absolute atomic E-state index is 0.0902. The summed E-state index contributed by atoms with van der Waals surface area (Å²) >= 11 is 0. The molecule has 0 aliphatic carbocycles. The van der Waals surface area contributed by atoms with Gasteiger partial charge in [-0.15, -0.1) is 0 Å². The minimum Gasteiger partial charge on any atom is -0.479 e. The van der Waals surface area contributed by atoms with E-state index in [-0.39, 0.29) is 18.7 Å². The Bertz CT molecular complexity index is 254. The number of β-amino-alcohol motifs (C(OH)–C–C–N with tert-alkyl or cyclic N) is 1. The second-order valence-corrected chi connectivity index (χ2v) is 4.71. The van der Waals surface area contributed by atoms with E-state index in [1.165, 1.54) is 6.92 Å². The van der Waals surface area contributed by atoms with Crippen LogP contribution in [-0.4, -0.2) is 58.5 Å². The Morgan fingerprint density at radius 2 is 2.25 bits per heavy atom. The van der Waals surface area contributed by atoms with Gasteiger partial charge in [0.05, 0.1) is 12.7 Å². The van der Waals surface area contributed by atoms with Crippen molar-refractivity contribution in [1.82, 2.24) is 4.90 Å². The molecule has 94 valence electrons. The Morgan fingerprint density at radius 1 is 1.62 bits per heavy atom. The van der Waals surface area contributed by atoms with Gasteiger partial charge in [-0.3, -0.25) is 4.90 Å². The Labute approximate surface area is 96.0 Å². The molecule has 2 N–H and O–H groups in total. The first-order valence-electron chi connectivity index (χ1n) is 5.68. The van der Waals surface area contributed by atoms with Crippen LogP contribution in [0, 0.1) is 0 Å². The summed E-state index contributed by atoms with van der Waals surface area (Å²) in [6.45, 7) is 6.74. The van der Waals surface area contributed by atoms with E-state index in [1.807, 2.05) is 18.7 Å². The van der Waals surface area contributed by atoms with Gasteiger partial charge >= 0.3 is 5.97 Å². The summed E-state index contributed by atoms with van der Waals surface area (Å²) in [5, 5.41) is 18.7. The molecule has 0 aromatic carbocycles. The van der Waals surface area contributed by atoms with Crippen molar-refractivity contribution in [3.05, 3.63) is 0 Å². The number of ether oxygens (including phenoxy) is 1. The molecule has 1 fully saturated rings. The van der Waals surface area contributed by atoms with Crippen LogP contribution in [0.3, 0.4) is 0 Å². The van der Waals surface area contributed by atoms with Crippen molar-refractivity contribution in [3.63, 3.8) is 0 Å². The van der Waals surface area contributed by atoms with E-state index >= 15 is 0 Å². The second-order valence-electron chi connectivity index (χ2n) is 4.71. The molecule has 16 heavy (non-hydrogen) atoms. The van der Waals surface area contributed by atoms with Crippen molar-refractivity contribution in [2.45, 2.75) is 44.9 Å². The highest BCUT2D eigenvalue weighted by atomic mass is 16.5. The van der Waals surface area contributed by atoms with Crippen molar-refractivity contribution in [1.29, 1.82) is 0 Å². The van der Waals surface area contributed by atoms with Crippen molar-refractivity contribution < 1.29 is 19.7 Å². The van der Waals surface area contributed by atoms with Gasteiger partial charge in [0.15, 0.2) is 5.60 Å². The van der Waals surface area contributed by atoms with Crippen LogP contribution in [0.5, 0.6) is 0 Å². The Morgan fingerprint density at radius 3 is 2.75 bits per heavy atom. The number of aliphatic hydroxyl groups is 1. The van der Waals surface area contributed by atoms with Gasteiger partial charge in [-0.1, -0.05) is 6.92 Å². The molecule has 0 aromatic heterocycles. The molecule has 0 saturated carbocycles. The van der Waals surface area contributed by atoms with Gasteiger partial charge in [-0.2, -0.15) is 0 Å². The molecule has 0 bridgehead atoms. The lowest BCUT2D eigenvalue weighted by Crippen LogP contribution is -2.55. The summed E-state index contributed by atoms with van der Waals surface area (Å²) in [5.74, 6) is -1.18. The largest absolute Gasteiger partial charge is 0.479 e. The maximum absolute atomic E-state index is 10.9. The maximum atomic E-state index is 10.9. The fourth-order valence-electron chi connectivity index (χ4n) is 1.95. The van der Waals surface area contributed by atoms with Crippen molar-refractivity contribution in [2.75, 3.05) is 19.7 Å². The average Bonchev–Trinajstić information content (AvgIpc) is 2.17. The molecule has 0 radical (unpaired) electrons. The zero-order chi connectivity index (χ0) is 12.3. The van der Waals surface area contributed by atoms with Crippen LogP contribution in [-0.2, 0) is 9.53 Å². The van der Waals surface area contributed by atoms with Crippen LogP contribution in [0.1, 0.15) is 27.2 Å². The molecule has 3 atom stereocenters. The Balaban J connectivity index is 2.65. The van der Waals surface area contributed by atoms with E-state index in [0.717, 1.165) is 6.42 Å². The predicted octanol–water partition coefficient (Wildman–Crippen LogP) is 0.321. The minimum atomic E-state index is -1.69. The number of hydrogen-bond acceptors (Lipinski definition) is 4. The summed E-state index contributed by atoms with van der Waals surface area (Å²) in [4.78, 5) is 12.9. The molecule has 1 aliphatic heterocycles. The topological polar surface area (TPSA) is 70.0 Å². The first kappa shape index (κ1) is 13.4. The molecule has 3 unspecified atom stereocenters. The monoisotopic (exact) mass is 231 g/mol. The van der Waals surface area contributed by atoms with Crippen LogP contribution >= 0.6 is 0 Å². The first-order chi connectivity index (χ1) is 7.36. The Kier molecular flexibility index (Phi) is 4.29. The number of hydrogen-bond donors (Lipinski definition) is 2. The lowest BCUT2D eigenvalue weighted by molar-refractivity contribution is -0.162. The standard InChI is InChI=1S/C11H21NO4/c1-4-9-6-16-8(2)5-12(9)7-11(3,15)10(13)14/h8-9,15H,4-7H2,1-3H3,(H,13,14). The number of carboxylic acid groups (broad SMARTS) is 1. The molecule has 0 amide bonds. The van der Waals surface area contributed by atoms with Crippen molar-refractivity contribution in [3.8, 4) is 0 Å². The Hall–Kier alpha value is -0.650. The van der Waals surface area contributed by atoms with E-state index in [4.69, 9.17) is 9.84 Å². The van der Waals surface area contributed by atoms with E-state index in [1.54, 1.807) is 0 Å². The van der Waals surface area contributed by atoms with E-state index < -0.39 is 11.6 Å². The predicted molar refractivity (Wildman–Crippen MR) is 59.3 cm³/mol. The highest BCUT2D eigenvalue weighted by Crippen LogP contribution is 2.18. The van der Waals surface area contributed by atoms with Crippen LogP contribution < -0.4 is 0 Å². The summed E-state index contributed by atoms with van der Waals surface area (Å²) < 4.78 is 5.52. The molecule has 1 saturated heterocycles. The third-order valence-corrected chi connectivity index (χ3v) is 3.02. The number of nitrogens with zero attached hydrogens (tertiary/aromatic N) is 1. The van der Waals surface area contributed by atoms with Gasteiger partial charge in [0.2, 0.25) is 0 Å². The maximum Gasteiger partial charge on any atom is 0.336 e. The SMILES string of the molecule is CCC1COC(C)CN1CC(C)(O)C(=O)O. The highest BCUT2D eigenvalue weighted by Gasteiger charge is 2.36. The molecule has 5 nitrogen and oxygen atoms in total. The fourth-order valence-corrected chi connectivity index (χ4v) is 1.95. The summed E-state index contributed by atoms with van der Waals surface area (Å²) in [6.07, 6.45) is 0.981. The number of carboxylic acids is 1. The van der Waals surface area contributed by atoms with Gasteiger partial charge in [0.1, 0.15) is 0 Å². The summed E-state index contributed by atoms with van der Waals surface area (Å²) in [6, 6.07) is 0.196. The molecule has 1 rings (SSSR count). The van der Waals surface area contributed by atoms with Gasteiger partial charge in [-0.05, 0) is 20.3 Å². The van der Waals surface area contributed by atoms with Crippen LogP contribution in [0.25, 0.3) is 0 Å². The number of rotatable bonds is 4. The molecule has 1 aliphatic rings. The van der Waals surface area contributed by atoms with Gasteiger partial charge < -0.3 is 14.9 Å². The molecule has 1 heterocycles. The van der Waals surface area contributed by atoms with Gasteiger partial charge in [0.25, 0.3) is 0 Å². The number of morpholine rings is 1. The smallest absolute Gasteiger partial charge is 0.336 e. The molecule has 0 aromatic rings. The quantitative estimate of drug-likeness (QED) is 0.729. The third kappa shape index (κ3) is 3.17. The summed E-state index contributed by atoms with van der Waals surface area (Å²) in [7, 11) is 0. The van der Waals surface area contributed by atoms with Crippen molar-refractivity contribution in [2.24, 2.45) is 0 Å². The van der Waals surface area contributed by atoms with Crippen LogP contribution in [0.2, 0.25) is 0 Å². The summed E-state index contributed by atoms with van der Waals surface area (Å²) in [5.41, 5.74) is -1.69. The lowest BCUT2D eigenvalue weighted by Gasteiger charge is -2.40. The molecule has 0 spiro atoms. The zero-order valence-corrected chi connectivity index (χ0v) is 10.1.